The van der Waals surface area contributed by atoms with E-state index >= 15 is 0 Å². The van der Waals surface area contributed by atoms with Crippen molar-refractivity contribution in [2.75, 3.05) is 37.2 Å². The Labute approximate surface area is 218 Å². The molecule has 0 amide bonds. The fourth-order valence-electron chi connectivity index (χ4n) is 3.86. The Hall–Kier alpha value is -4.11. The third-order valence-corrected chi connectivity index (χ3v) is 6.84. The maximum Gasteiger partial charge on any atom is 0.229 e. The second-order valence-corrected chi connectivity index (χ2v) is 10.6. The number of nitrogens with zero attached hydrogens (tertiary/aromatic N) is 2. The van der Waals surface area contributed by atoms with Crippen molar-refractivity contribution >= 4 is 27.2 Å². The van der Waals surface area contributed by atoms with Gasteiger partial charge in [0.1, 0.15) is 17.3 Å². The predicted octanol–water partition coefficient (Wildman–Crippen LogP) is 5.98. The highest BCUT2D eigenvalue weighted by Crippen LogP contribution is 2.30. The molecule has 3 aromatic carbocycles. The molecule has 0 saturated heterocycles. The van der Waals surface area contributed by atoms with Gasteiger partial charge in [0.2, 0.25) is 5.95 Å². The van der Waals surface area contributed by atoms with E-state index in [1.165, 1.54) is 6.26 Å². The Morgan fingerprint density at radius 2 is 1.81 bits per heavy atom. The lowest BCUT2D eigenvalue weighted by Crippen LogP contribution is -2.10. The molecule has 0 bridgehead atoms. The van der Waals surface area contributed by atoms with Gasteiger partial charge in [-0.05, 0) is 60.9 Å². The molecule has 8 nitrogen and oxygen atoms in total. The van der Waals surface area contributed by atoms with Gasteiger partial charge in [-0.2, -0.15) is 4.98 Å². The van der Waals surface area contributed by atoms with Gasteiger partial charge in [-0.15, -0.1) is 0 Å². The lowest BCUT2D eigenvalue weighted by Gasteiger charge is -2.15. The largest absolute Gasteiger partial charge is 0.496 e. The highest BCUT2D eigenvalue weighted by Gasteiger charge is 2.12. The first-order chi connectivity index (χ1) is 17.9. The van der Waals surface area contributed by atoms with Crippen LogP contribution < -0.4 is 20.1 Å². The Morgan fingerprint density at radius 1 is 1.03 bits per heavy atom. The quantitative estimate of drug-likeness (QED) is 0.224. The number of rotatable bonds is 11. The smallest absolute Gasteiger partial charge is 0.229 e. The number of hydrogen-bond donors (Lipinski definition) is 3. The van der Waals surface area contributed by atoms with Crippen molar-refractivity contribution in [2.24, 2.45) is 0 Å². The van der Waals surface area contributed by atoms with Crippen LogP contribution >= 0.6 is 0 Å². The summed E-state index contributed by atoms with van der Waals surface area (Å²) in [6, 6.07) is 22.7. The summed E-state index contributed by atoms with van der Waals surface area (Å²) in [5.74, 6) is 2.72. The van der Waals surface area contributed by atoms with Crippen LogP contribution in [-0.2, 0) is 16.1 Å². The van der Waals surface area contributed by atoms with Crippen LogP contribution in [0.15, 0.2) is 83.9 Å². The van der Waals surface area contributed by atoms with Crippen molar-refractivity contribution in [1.29, 1.82) is 4.78 Å². The molecule has 0 aliphatic heterocycles. The van der Waals surface area contributed by atoms with Gasteiger partial charge in [0, 0.05) is 35.1 Å². The van der Waals surface area contributed by atoms with E-state index in [0.717, 1.165) is 34.6 Å². The molecule has 192 valence electrons. The maximum atomic E-state index is 12.2. The average molecular weight is 518 g/mol. The number of hydrogen-bond acceptors (Lipinski definition) is 8. The van der Waals surface area contributed by atoms with Gasteiger partial charge in [0.05, 0.1) is 23.4 Å². The third-order valence-electron chi connectivity index (χ3n) is 5.68. The molecule has 0 spiro atoms. The summed E-state index contributed by atoms with van der Waals surface area (Å²) in [4.78, 5) is 9.72. The first-order valence-electron chi connectivity index (χ1n) is 11.9. The van der Waals surface area contributed by atoms with Crippen LogP contribution in [0.4, 0.5) is 17.5 Å². The lowest BCUT2D eigenvalue weighted by molar-refractivity contribution is 0.340. The molecule has 0 radical (unpaired) electrons. The van der Waals surface area contributed by atoms with Crippen LogP contribution in [-0.4, -0.2) is 40.7 Å². The summed E-state index contributed by atoms with van der Waals surface area (Å²) >= 11 is 0. The molecule has 37 heavy (non-hydrogen) atoms. The molecular formula is C28H31N5O3S. The molecular weight excluding hydrogens is 486 g/mol. The van der Waals surface area contributed by atoms with Gasteiger partial charge in [-0.1, -0.05) is 36.4 Å². The van der Waals surface area contributed by atoms with Crippen molar-refractivity contribution in [2.45, 2.75) is 18.2 Å². The van der Waals surface area contributed by atoms with E-state index in [2.05, 4.69) is 15.6 Å². The molecule has 1 heterocycles. The minimum Gasteiger partial charge on any atom is -0.496 e. The van der Waals surface area contributed by atoms with E-state index < -0.39 is 9.73 Å². The van der Waals surface area contributed by atoms with Crippen molar-refractivity contribution in [3.05, 3.63) is 84.6 Å². The Bertz CT molecular complexity index is 1460. The topological polar surface area (TPSA) is 109 Å². The summed E-state index contributed by atoms with van der Waals surface area (Å²) in [5.41, 5.74) is 3.57. The van der Waals surface area contributed by atoms with E-state index in [-0.39, 0.29) is 0 Å². The van der Waals surface area contributed by atoms with Crippen LogP contribution in [0.3, 0.4) is 0 Å². The van der Waals surface area contributed by atoms with Gasteiger partial charge in [0.25, 0.3) is 0 Å². The van der Waals surface area contributed by atoms with Gasteiger partial charge in [-0.3, -0.25) is 0 Å². The van der Waals surface area contributed by atoms with E-state index in [9.17, 15) is 4.21 Å². The molecule has 0 aliphatic carbocycles. The highest BCUT2D eigenvalue weighted by molar-refractivity contribution is 7.91. The predicted molar refractivity (Wildman–Crippen MR) is 149 cm³/mol. The van der Waals surface area contributed by atoms with E-state index in [1.807, 2.05) is 61.5 Å². The summed E-state index contributed by atoms with van der Waals surface area (Å²) in [6.07, 6.45) is 3.92. The molecule has 1 atom stereocenters. The standard InChI is InChI=1S/C28H31N5O3S/c1-4-36-23-14-12-20(13-15-23)25-19-31-28(32-22-9-7-10-24(18-22)37(3,29)34)33-27(25)30-17-16-21-8-5-6-11-26(21)35-2/h5-15,18-19,29H,4,16-17H2,1-3H3,(H2,30,31,32,33)/t37-/m1/s1. The second-order valence-electron chi connectivity index (χ2n) is 8.40. The molecule has 3 N–H and O–H groups in total. The summed E-state index contributed by atoms with van der Waals surface area (Å²) in [6.45, 7) is 3.19. The number of aromatic nitrogens is 2. The molecule has 4 aromatic rings. The monoisotopic (exact) mass is 517 g/mol. The first-order valence-corrected chi connectivity index (χ1v) is 13.9. The molecule has 0 unspecified atom stereocenters. The van der Waals surface area contributed by atoms with Crippen molar-refractivity contribution in [3.8, 4) is 22.6 Å². The van der Waals surface area contributed by atoms with E-state index in [4.69, 9.17) is 19.2 Å². The number of para-hydroxylation sites is 1. The van der Waals surface area contributed by atoms with Crippen LogP contribution in [0.5, 0.6) is 11.5 Å². The SMILES string of the molecule is CCOc1ccc(-c2cnc(Nc3cccc([S@](C)(=N)=O)c3)nc2NCCc2ccccc2OC)cc1. The van der Waals surface area contributed by atoms with Crippen molar-refractivity contribution in [1.82, 2.24) is 9.97 Å². The van der Waals surface area contributed by atoms with Crippen LogP contribution in [0, 0.1) is 4.78 Å². The van der Waals surface area contributed by atoms with Crippen molar-refractivity contribution < 1.29 is 13.7 Å². The normalized spacial score (nSPS) is 12.4. The van der Waals surface area contributed by atoms with Gasteiger partial charge in [0.15, 0.2) is 0 Å². The zero-order valence-corrected chi connectivity index (χ0v) is 22.0. The Balaban J connectivity index is 1.61. The lowest BCUT2D eigenvalue weighted by atomic mass is 10.1. The molecule has 4 rings (SSSR count). The number of methoxy groups -OCH3 is 1. The average Bonchev–Trinajstić information content (AvgIpc) is 2.90. The summed E-state index contributed by atoms with van der Waals surface area (Å²) in [7, 11) is -1.16. The van der Waals surface area contributed by atoms with Gasteiger partial charge < -0.3 is 20.1 Å². The number of ether oxygens (including phenoxy) is 2. The van der Waals surface area contributed by atoms with E-state index in [1.54, 1.807) is 31.5 Å². The molecule has 0 aliphatic rings. The number of nitrogens with one attached hydrogen (secondary N) is 3. The van der Waals surface area contributed by atoms with Gasteiger partial charge >= 0.3 is 0 Å². The molecule has 0 saturated carbocycles. The Kier molecular flexibility index (Phi) is 8.25. The van der Waals surface area contributed by atoms with Gasteiger partial charge in [-0.25, -0.2) is 14.0 Å². The van der Waals surface area contributed by atoms with Crippen LogP contribution in [0.2, 0.25) is 0 Å². The van der Waals surface area contributed by atoms with E-state index in [0.29, 0.717) is 35.5 Å². The summed E-state index contributed by atoms with van der Waals surface area (Å²) in [5, 5.41) is 6.64. The molecule has 9 heteroatoms. The summed E-state index contributed by atoms with van der Waals surface area (Å²) < 4.78 is 31.1. The molecule has 0 fully saturated rings. The highest BCUT2D eigenvalue weighted by atomic mass is 32.2. The molecule has 1 aromatic heterocycles. The fourth-order valence-corrected chi connectivity index (χ4v) is 4.55. The van der Waals surface area contributed by atoms with Crippen LogP contribution in [0.1, 0.15) is 12.5 Å². The third kappa shape index (κ3) is 6.77. The minimum atomic E-state index is -2.83. The zero-order chi connectivity index (χ0) is 26.3. The zero-order valence-electron chi connectivity index (χ0n) is 21.2. The number of anilines is 3. The van der Waals surface area contributed by atoms with Crippen LogP contribution in [0.25, 0.3) is 11.1 Å². The number of benzene rings is 3. The Morgan fingerprint density at radius 3 is 2.54 bits per heavy atom. The van der Waals surface area contributed by atoms with Crippen molar-refractivity contribution in [3.63, 3.8) is 0 Å². The first kappa shape index (κ1) is 26.0. The minimum absolute atomic E-state index is 0.388. The second kappa shape index (κ2) is 11.7. The maximum absolute atomic E-state index is 12.2. The fraction of sp³-hybridized carbons (Fsp3) is 0.214.